The summed E-state index contributed by atoms with van der Waals surface area (Å²) in [6.07, 6.45) is 3.16. The molecule has 0 aliphatic carbocycles. The van der Waals surface area contributed by atoms with Crippen LogP contribution >= 0.6 is 27.5 Å². The first-order valence-electron chi connectivity index (χ1n) is 6.76. The Kier molecular flexibility index (Phi) is 6.04. The highest BCUT2D eigenvalue weighted by atomic mass is 79.9. The molecule has 0 heterocycles. The molecule has 0 aliphatic rings. The molecule has 5 heteroatoms. The van der Waals surface area contributed by atoms with Crippen LogP contribution in [0.5, 0.6) is 5.75 Å². The monoisotopic (exact) mass is 379 g/mol. The van der Waals surface area contributed by atoms with Crippen LogP contribution in [0.25, 0.3) is 6.08 Å². The maximum absolute atomic E-state index is 12.0. The molecule has 0 fully saturated rings. The van der Waals surface area contributed by atoms with E-state index in [1.54, 1.807) is 18.2 Å². The minimum atomic E-state index is -0.254. The quantitative estimate of drug-likeness (QED) is 0.728. The third-order valence-electron chi connectivity index (χ3n) is 2.82. The smallest absolute Gasteiger partial charge is 0.248 e. The van der Waals surface area contributed by atoms with Gasteiger partial charge < -0.3 is 10.1 Å². The Morgan fingerprint density at radius 3 is 2.82 bits per heavy atom. The Bertz CT molecular complexity index is 701. The number of hydrogen-bond donors (Lipinski definition) is 1. The van der Waals surface area contributed by atoms with E-state index >= 15 is 0 Å². The minimum absolute atomic E-state index is 0.254. The van der Waals surface area contributed by atoms with E-state index < -0.39 is 0 Å². The van der Waals surface area contributed by atoms with E-state index in [4.69, 9.17) is 16.3 Å². The van der Waals surface area contributed by atoms with E-state index in [0.717, 1.165) is 15.8 Å². The molecule has 0 saturated carbocycles. The van der Waals surface area contributed by atoms with Gasteiger partial charge in [0.15, 0.2) is 0 Å². The van der Waals surface area contributed by atoms with Gasteiger partial charge in [0, 0.05) is 16.1 Å². The van der Waals surface area contributed by atoms with Gasteiger partial charge in [-0.25, -0.2) is 0 Å². The average Bonchev–Trinajstić information content (AvgIpc) is 2.50. The second kappa shape index (κ2) is 8.01. The van der Waals surface area contributed by atoms with Crippen molar-refractivity contribution < 1.29 is 9.53 Å². The molecule has 0 spiro atoms. The van der Waals surface area contributed by atoms with E-state index in [0.29, 0.717) is 17.3 Å². The highest BCUT2D eigenvalue weighted by Crippen LogP contribution is 2.25. The number of anilines is 1. The SMILES string of the molecule is CCOc1ccc(Br)cc1C=CC(=O)Nc1ccccc1Cl. The van der Waals surface area contributed by atoms with Crippen molar-refractivity contribution in [2.75, 3.05) is 11.9 Å². The normalized spacial score (nSPS) is 10.7. The van der Waals surface area contributed by atoms with Gasteiger partial charge in [-0.05, 0) is 43.3 Å². The van der Waals surface area contributed by atoms with Crippen molar-refractivity contribution in [3.8, 4) is 5.75 Å². The number of amides is 1. The van der Waals surface area contributed by atoms with Gasteiger partial charge in [-0.2, -0.15) is 0 Å². The lowest BCUT2D eigenvalue weighted by Crippen LogP contribution is -2.08. The van der Waals surface area contributed by atoms with Crippen LogP contribution in [0.2, 0.25) is 5.02 Å². The molecular weight excluding hydrogens is 366 g/mol. The van der Waals surface area contributed by atoms with Crippen molar-refractivity contribution in [2.24, 2.45) is 0 Å². The predicted octanol–water partition coefficient (Wildman–Crippen LogP) is 5.15. The maximum atomic E-state index is 12.0. The first kappa shape index (κ1) is 16.6. The highest BCUT2D eigenvalue weighted by Gasteiger charge is 2.04. The number of para-hydroxylation sites is 1. The fourth-order valence-electron chi connectivity index (χ4n) is 1.84. The van der Waals surface area contributed by atoms with Crippen LogP contribution in [0.3, 0.4) is 0 Å². The zero-order chi connectivity index (χ0) is 15.9. The van der Waals surface area contributed by atoms with Crippen molar-refractivity contribution in [3.63, 3.8) is 0 Å². The lowest BCUT2D eigenvalue weighted by atomic mass is 10.2. The Morgan fingerprint density at radius 1 is 1.32 bits per heavy atom. The second-order valence-corrected chi connectivity index (χ2v) is 5.74. The van der Waals surface area contributed by atoms with E-state index in [-0.39, 0.29) is 5.91 Å². The van der Waals surface area contributed by atoms with Crippen LogP contribution in [0.15, 0.2) is 53.0 Å². The summed E-state index contributed by atoms with van der Waals surface area (Å²) in [5.41, 5.74) is 1.41. The molecule has 0 aliphatic heterocycles. The van der Waals surface area contributed by atoms with Crippen molar-refractivity contribution in [1.82, 2.24) is 0 Å². The fraction of sp³-hybridized carbons (Fsp3) is 0.118. The summed E-state index contributed by atoms with van der Waals surface area (Å²) in [6, 6.07) is 12.7. The van der Waals surface area contributed by atoms with Gasteiger partial charge >= 0.3 is 0 Å². The molecule has 1 N–H and O–H groups in total. The first-order valence-corrected chi connectivity index (χ1v) is 7.93. The topological polar surface area (TPSA) is 38.3 Å². The standard InChI is InChI=1S/C17H15BrClNO2/c1-2-22-16-9-8-13(18)11-12(16)7-10-17(21)20-15-6-4-3-5-14(15)19/h3-11H,2H2,1H3,(H,20,21). The number of carbonyl (C=O) groups excluding carboxylic acids is 1. The molecule has 0 unspecified atom stereocenters. The molecule has 114 valence electrons. The van der Waals surface area contributed by atoms with Crippen LogP contribution in [-0.4, -0.2) is 12.5 Å². The van der Waals surface area contributed by atoms with Crippen molar-refractivity contribution in [1.29, 1.82) is 0 Å². The largest absolute Gasteiger partial charge is 0.493 e. The molecule has 0 bridgehead atoms. The van der Waals surface area contributed by atoms with Gasteiger partial charge in [0.25, 0.3) is 0 Å². The number of benzene rings is 2. The van der Waals surface area contributed by atoms with E-state index in [9.17, 15) is 4.79 Å². The molecule has 0 saturated heterocycles. The molecule has 3 nitrogen and oxygen atoms in total. The van der Waals surface area contributed by atoms with Gasteiger partial charge in [0.1, 0.15) is 5.75 Å². The van der Waals surface area contributed by atoms with Crippen LogP contribution in [0.1, 0.15) is 12.5 Å². The summed E-state index contributed by atoms with van der Waals surface area (Å²) < 4.78 is 6.46. The fourth-order valence-corrected chi connectivity index (χ4v) is 2.40. The zero-order valence-corrected chi connectivity index (χ0v) is 14.3. The van der Waals surface area contributed by atoms with Gasteiger partial charge in [-0.1, -0.05) is 39.7 Å². The third kappa shape index (κ3) is 4.61. The number of rotatable bonds is 5. The number of ether oxygens (including phenoxy) is 1. The van der Waals surface area contributed by atoms with Crippen LogP contribution in [0, 0.1) is 0 Å². The summed E-state index contributed by atoms with van der Waals surface area (Å²) in [5.74, 6) is 0.475. The van der Waals surface area contributed by atoms with Gasteiger partial charge in [-0.15, -0.1) is 0 Å². The molecule has 22 heavy (non-hydrogen) atoms. The minimum Gasteiger partial charge on any atom is -0.493 e. The number of hydrogen-bond acceptors (Lipinski definition) is 2. The van der Waals surface area contributed by atoms with E-state index in [1.807, 2.05) is 37.3 Å². The molecule has 0 atom stereocenters. The summed E-state index contributed by atoms with van der Waals surface area (Å²) in [4.78, 5) is 12.0. The van der Waals surface area contributed by atoms with E-state index in [2.05, 4.69) is 21.2 Å². The summed E-state index contributed by atoms with van der Waals surface area (Å²) >= 11 is 9.42. The Balaban J connectivity index is 2.13. The maximum Gasteiger partial charge on any atom is 0.248 e. The van der Waals surface area contributed by atoms with Crippen molar-refractivity contribution in [3.05, 3.63) is 63.6 Å². The summed E-state index contributed by atoms with van der Waals surface area (Å²) in [5, 5.41) is 3.24. The van der Waals surface area contributed by atoms with Crippen LogP contribution < -0.4 is 10.1 Å². The second-order valence-electron chi connectivity index (χ2n) is 4.42. The van der Waals surface area contributed by atoms with Gasteiger partial charge in [-0.3, -0.25) is 4.79 Å². The molecule has 0 aromatic heterocycles. The van der Waals surface area contributed by atoms with Crippen molar-refractivity contribution in [2.45, 2.75) is 6.92 Å². The zero-order valence-electron chi connectivity index (χ0n) is 12.0. The molecule has 2 aromatic rings. The highest BCUT2D eigenvalue weighted by molar-refractivity contribution is 9.10. The Labute approximate surface area is 143 Å². The number of nitrogens with one attached hydrogen (secondary N) is 1. The first-order chi connectivity index (χ1) is 10.6. The lowest BCUT2D eigenvalue weighted by Gasteiger charge is -2.08. The lowest BCUT2D eigenvalue weighted by molar-refractivity contribution is -0.111. The van der Waals surface area contributed by atoms with Crippen molar-refractivity contribution >= 4 is 45.2 Å². The Hall–Kier alpha value is -1.78. The molecule has 2 aromatic carbocycles. The number of halogens is 2. The van der Waals surface area contributed by atoms with E-state index in [1.165, 1.54) is 6.08 Å². The Morgan fingerprint density at radius 2 is 2.09 bits per heavy atom. The molecular formula is C17H15BrClNO2. The third-order valence-corrected chi connectivity index (χ3v) is 3.64. The summed E-state index contributed by atoms with van der Waals surface area (Å²) in [6.45, 7) is 2.48. The predicted molar refractivity (Wildman–Crippen MR) is 94.4 cm³/mol. The average molecular weight is 381 g/mol. The molecule has 2 rings (SSSR count). The summed E-state index contributed by atoms with van der Waals surface area (Å²) in [7, 11) is 0. The number of carbonyl (C=O) groups is 1. The van der Waals surface area contributed by atoms with Crippen LogP contribution in [-0.2, 0) is 4.79 Å². The van der Waals surface area contributed by atoms with Gasteiger partial charge in [0.2, 0.25) is 5.91 Å². The van der Waals surface area contributed by atoms with Crippen LogP contribution in [0.4, 0.5) is 5.69 Å². The molecule has 0 radical (unpaired) electrons. The molecule has 1 amide bonds. The van der Waals surface area contributed by atoms with Gasteiger partial charge in [0.05, 0.1) is 17.3 Å².